The van der Waals surface area contributed by atoms with Crippen LogP contribution in [-0.2, 0) is 4.79 Å². The fourth-order valence-corrected chi connectivity index (χ4v) is 3.18. The van der Waals surface area contributed by atoms with Crippen molar-refractivity contribution in [2.24, 2.45) is 0 Å². The van der Waals surface area contributed by atoms with E-state index in [-0.39, 0.29) is 11.7 Å². The maximum atomic E-state index is 12.1. The molecule has 0 saturated carbocycles. The molecular weight excluding hydrogens is 381 g/mol. The van der Waals surface area contributed by atoms with Gasteiger partial charge in [0.1, 0.15) is 5.75 Å². The zero-order chi connectivity index (χ0) is 17.8. The van der Waals surface area contributed by atoms with Crippen molar-refractivity contribution < 1.29 is 9.53 Å². The van der Waals surface area contributed by atoms with E-state index in [1.54, 1.807) is 18.2 Å². The van der Waals surface area contributed by atoms with Gasteiger partial charge in [-0.25, -0.2) is 4.98 Å². The number of carbonyl (C=O) groups is 1. The third-order valence-corrected chi connectivity index (χ3v) is 4.90. The van der Waals surface area contributed by atoms with E-state index in [4.69, 9.17) is 27.9 Å². The van der Waals surface area contributed by atoms with Gasteiger partial charge in [0, 0.05) is 11.8 Å². The van der Waals surface area contributed by atoms with Crippen molar-refractivity contribution >= 4 is 57.6 Å². The number of amides is 1. The topological polar surface area (TPSA) is 67.0 Å². The lowest BCUT2D eigenvalue weighted by atomic mass is 10.3. The van der Waals surface area contributed by atoms with Crippen molar-refractivity contribution in [3.8, 4) is 5.75 Å². The number of thioether (sulfide) groups is 1. The maximum absolute atomic E-state index is 12.1. The lowest BCUT2D eigenvalue weighted by Gasteiger charge is -2.05. The zero-order valence-electron chi connectivity index (χ0n) is 13.3. The van der Waals surface area contributed by atoms with Crippen molar-refractivity contribution in [2.45, 2.75) is 12.1 Å². The van der Waals surface area contributed by atoms with Crippen molar-refractivity contribution in [2.75, 3.05) is 17.7 Å². The molecule has 0 spiro atoms. The summed E-state index contributed by atoms with van der Waals surface area (Å²) in [6.07, 6.45) is 0. The van der Waals surface area contributed by atoms with Crippen LogP contribution in [0.2, 0.25) is 10.0 Å². The summed E-state index contributed by atoms with van der Waals surface area (Å²) in [7, 11) is 0. The minimum Gasteiger partial charge on any atom is -0.494 e. The summed E-state index contributed by atoms with van der Waals surface area (Å²) in [4.78, 5) is 19.7. The molecule has 0 radical (unpaired) electrons. The Hall–Kier alpha value is -1.89. The molecule has 0 saturated heterocycles. The van der Waals surface area contributed by atoms with E-state index in [0.717, 1.165) is 16.8 Å². The van der Waals surface area contributed by atoms with Gasteiger partial charge >= 0.3 is 0 Å². The Bertz CT molecular complexity index is 914. The van der Waals surface area contributed by atoms with Crippen LogP contribution in [0.3, 0.4) is 0 Å². The van der Waals surface area contributed by atoms with Crippen LogP contribution >= 0.6 is 35.0 Å². The maximum Gasteiger partial charge on any atom is 0.234 e. The molecule has 25 heavy (non-hydrogen) atoms. The molecule has 0 fully saturated rings. The lowest BCUT2D eigenvalue weighted by molar-refractivity contribution is -0.113. The number of imidazole rings is 1. The van der Waals surface area contributed by atoms with Crippen molar-refractivity contribution in [1.82, 2.24) is 9.97 Å². The second kappa shape index (κ2) is 7.99. The highest BCUT2D eigenvalue weighted by atomic mass is 35.5. The smallest absolute Gasteiger partial charge is 0.234 e. The van der Waals surface area contributed by atoms with E-state index in [0.29, 0.717) is 27.5 Å². The summed E-state index contributed by atoms with van der Waals surface area (Å²) in [6.45, 7) is 2.54. The van der Waals surface area contributed by atoms with E-state index >= 15 is 0 Å². The molecule has 8 heteroatoms. The first kappa shape index (κ1) is 17.9. The summed E-state index contributed by atoms with van der Waals surface area (Å²) in [5, 5.41) is 4.29. The number of nitrogens with one attached hydrogen (secondary N) is 2. The number of hydrogen-bond donors (Lipinski definition) is 2. The van der Waals surface area contributed by atoms with Crippen LogP contribution in [0.5, 0.6) is 5.75 Å². The number of fused-ring (bicyclic) bond motifs is 1. The predicted molar refractivity (Wildman–Crippen MR) is 103 cm³/mol. The summed E-state index contributed by atoms with van der Waals surface area (Å²) < 4.78 is 5.47. The van der Waals surface area contributed by atoms with Gasteiger partial charge in [-0.3, -0.25) is 4.79 Å². The van der Waals surface area contributed by atoms with Crippen molar-refractivity contribution in [3.63, 3.8) is 0 Å². The van der Waals surface area contributed by atoms with E-state index in [1.165, 1.54) is 11.8 Å². The molecule has 0 atom stereocenters. The Morgan fingerprint density at radius 3 is 2.84 bits per heavy atom. The van der Waals surface area contributed by atoms with Crippen LogP contribution in [0.4, 0.5) is 5.69 Å². The number of nitrogens with zero attached hydrogens (tertiary/aromatic N) is 1. The molecular formula is C17H15Cl2N3O2S. The minimum absolute atomic E-state index is 0.154. The fourth-order valence-electron chi connectivity index (χ4n) is 2.19. The fraction of sp³-hybridized carbons (Fsp3) is 0.176. The average Bonchev–Trinajstić information content (AvgIpc) is 2.99. The summed E-state index contributed by atoms with van der Waals surface area (Å²) >= 11 is 13.1. The number of aromatic amines is 1. The molecule has 3 aromatic rings. The van der Waals surface area contributed by atoms with Gasteiger partial charge in [0.05, 0.1) is 33.4 Å². The monoisotopic (exact) mass is 395 g/mol. The van der Waals surface area contributed by atoms with Crippen LogP contribution in [0.15, 0.2) is 41.6 Å². The first-order chi connectivity index (χ1) is 12.0. The Morgan fingerprint density at radius 1 is 1.24 bits per heavy atom. The molecule has 3 rings (SSSR count). The van der Waals surface area contributed by atoms with Crippen LogP contribution in [0.25, 0.3) is 11.0 Å². The second-order valence-corrected chi connectivity index (χ2v) is 6.90. The van der Waals surface area contributed by atoms with E-state index in [9.17, 15) is 4.79 Å². The van der Waals surface area contributed by atoms with Gasteiger partial charge in [0.15, 0.2) is 5.16 Å². The highest BCUT2D eigenvalue weighted by molar-refractivity contribution is 7.99. The Labute approximate surface area is 159 Å². The van der Waals surface area contributed by atoms with Crippen molar-refractivity contribution in [1.29, 1.82) is 0 Å². The number of hydrogen-bond acceptors (Lipinski definition) is 4. The highest BCUT2D eigenvalue weighted by Crippen LogP contribution is 2.26. The molecule has 2 N–H and O–H groups in total. The largest absolute Gasteiger partial charge is 0.494 e. The molecule has 0 aliphatic heterocycles. The number of carbonyl (C=O) groups excluding carboxylic acids is 1. The normalized spacial score (nSPS) is 10.8. The SMILES string of the molecule is CCOc1ccc2nc(SCC(=O)Nc3ccc(Cl)c(Cl)c3)[nH]c2c1. The molecule has 0 aliphatic carbocycles. The van der Waals surface area contributed by atoms with Gasteiger partial charge in [-0.1, -0.05) is 35.0 Å². The molecule has 0 bridgehead atoms. The third-order valence-electron chi connectivity index (χ3n) is 3.29. The summed E-state index contributed by atoms with van der Waals surface area (Å²) in [5.41, 5.74) is 2.31. The van der Waals surface area contributed by atoms with E-state index < -0.39 is 0 Å². The van der Waals surface area contributed by atoms with Crippen LogP contribution in [0.1, 0.15) is 6.92 Å². The third kappa shape index (κ3) is 4.60. The number of ether oxygens (including phenoxy) is 1. The van der Waals surface area contributed by atoms with Gasteiger partial charge in [0.2, 0.25) is 5.91 Å². The van der Waals surface area contributed by atoms with Gasteiger partial charge < -0.3 is 15.0 Å². The van der Waals surface area contributed by atoms with Gasteiger partial charge in [-0.05, 0) is 37.3 Å². The molecule has 0 unspecified atom stereocenters. The van der Waals surface area contributed by atoms with Crippen LogP contribution < -0.4 is 10.1 Å². The zero-order valence-corrected chi connectivity index (χ0v) is 15.6. The first-order valence-electron chi connectivity index (χ1n) is 7.55. The number of aromatic nitrogens is 2. The van der Waals surface area contributed by atoms with E-state index in [1.807, 2.05) is 25.1 Å². The van der Waals surface area contributed by atoms with Gasteiger partial charge in [-0.2, -0.15) is 0 Å². The first-order valence-corrected chi connectivity index (χ1v) is 9.29. The van der Waals surface area contributed by atoms with Crippen LogP contribution in [-0.4, -0.2) is 28.2 Å². The number of anilines is 1. The van der Waals surface area contributed by atoms with Crippen LogP contribution in [0, 0.1) is 0 Å². The molecule has 130 valence electrons. The predicted octanol–water partition coefficient (Wildman–Crippen LogP) is 5.00. The summed E-state index contributed by atoms with van der Waals surface area (Å²) in [6, 6.07) is 10.6. The lowest BCUT2D eigenvalue weighted by Crippen LogP contribution is -2.14. The quantitative estimate of drug-likeness (QED) is 0.576. The number of benzene rings is 2. The molecule has 1 aromatic heterocycles. The average molecular weight is 396 g/mol. The van der Waals surface area contributed by atoms with Gasteiger partial charge in [0.25, 0.3) is 0 Å². The summed E-state index contributed by atoms with van der Waals surface area (Å²) in [5.74, 6) is 0.852. The highest BCUT2D eigenvalue weighted by Gasteiger charge is 2.09. The number of halogens is 2. The molecule has 1 heterocycles. The molecule has 5 nitrogen and oxygen atoms in total. The molecule has 2 aromatic carbocycles. The van der Waals surface area contributed by atoms with E-state index in [2.05, 4.69) is 15.3 Å². The van der Waals surface area contributed by atoms with Crippen molar-refractivity contribution in [3.05, 3.63) is 46.4 Å². The Balaban J connectivity index is 1.61. The standard InChI is InChI=1S/C17H15Cl2N3O2S/c1-2-24-11-4-6-14-15(8-11)22-17(21-14)25-9-16(23)20-10-3-5-12(18)13(19)7-10/h3-8H,2,9H2,1H3,(H,20,23)(H,21,22). The number of H-pyrrole nitrogens is 1. The number of rotatable bonds is 6. The van der Waals surface area contributed by atoms with Gasteiger partial charge in [-0.15, -0.1) is 0 Å². The minimum atomic E-state index is -0.154. The molecule has 1 amide bonds. The Kier molecular flexibility index (Phi) is 5.73. The second-order valence-electron chi connectivity index (χ2n) is 5.12. The Morgan fingerprint density at radius 2 is 2.08 bits per heavy atom. The molecule has 0 aliphatic rings.